The van der Waals surface area contributed by atoms with Crippen molar-refractivity contribution in [3.8, 4) is 11.5 Å². The predicted octanol–water partition coefficient (Wildman–Crippen LogP) is 2.58. The SMILES string of the molecule is C/C(=N/OCC(=O)OCC(=O)c1ccccc1)c1ccc2c(c1)OCO2. The summed E-state index contributed by atoms with van der Waals surface area (Å²) in [5.41, 5.74) is 1.83. The first-order chi connectivity index (χ1) is 12.6. The molecule has 0 aliphatic carbocycles. The van der Waals surface area contributed by atoms with Crippen molar-refractivity contribution in [1.29, 1.82) is 0 Å². The standard InChI is InChI=1S/C19H17NO6/c1-13(15-7-8-17-18(9-15)25-12-24-17)20-26-11-19(22)23-10-16(21)14-5-3-2-4-6-14/h2-9H,10-12H2,1H3/b20-13-. The summed E-state index contributed by atoms with van der Waals surface area (Å²) in [5.74, 6) is 0.362. The van der Waals surface area contributed by atoms with Crippen LogP contribution in [0.4, 0.5) is 0 Å². The number of fused-ring (bicyclic) bond motifs is 1. The second-order valence-corrected chi connectivity index (χ2v) is 5.47. The highest BCUT2D eigenvalue weighted by molar-refractivity contribution is 5.99. The molecule has 0 spiro atoms. The van der Waals surface area contributed by atoms with Crippen LogP contribution in [0.15, 0.2) is 53.7 Å². The summed E-state index contributed by atoms with van der Waals surface area (Å²) in [7, 11) is 0. The third kappa shape index (κ3) is 4.38. The van der Waals surface area contributed by atoms with Gasteiger partial charge in [-0.25, -0.2) is 4.79 Å². The third-order valence-corrected chi connectivity index (χ3v) is 3.63. The van der Waals surface area contributed by atoms with Crippen molar-refractivity contribution >= 4 is 17.5 Å². The molecule has 1 aliphatic heterocycles. The summed E-state index contributed by atoms with van der Waals surface area (Å²) in [5, 5.41) is 3.88. The number of hydrogen-bond donors (Lipinski definition) is 0. The minimum atomic E-state index is -0.670. The van der Waals surface area contributed by atoms with Crippen LogP contribution in [0.2, 0.25) is 0 Å². The van der Waals surface area contributed by atoms with Crippen LogP contribution in [0.1, 0.15) is 22.8 Å². The van der Waals surface area contributed by atoms with E-state index < -0.39 is 5.97 Å². The van der Waals surface area contributed by atoms with Gasteiger partial charge in [0.05, 0.1) is 5.71 Å². The average molecular weight is 355 g/mol. The molecule has 0 unspecified atom stereocenters. The van der Waals surface area contributed by atoms with Crippen LogP contribution < -0.4 is 9.47 Å². The molecule has 1 aliphatic rings. The third-order valence-electron chi connectivity index (χ3n) is 3.63. The molecular formula is C19H17NO6. The molecule has 2 aromatic rings. The van der Waals surface area contributed by atoms with E-state index in [0.717, 1.165) is 5.56 Å². The van der Waals surface area contributed by atoms with E-state index in [0.29, 0.717) is 22.8 Å². The number of ether oxygens (including phenoxy) is 3. The first-order valence-electron chi connectivity index (χ1n) is 7.94. The lowest BCUT2D eigenvalue weighted by atomic mass is 10.1. The molecule has 0 N–H and O–H groups in total. The van der Waals surface area contributed by atoms with Gasteiger partial charge in [0, 0.05) is 11.1 Å². The molecular weight excluding hydrogens is 338 g/mol. The summed E-state index contributed by atoms with van der Waals surface area (Å²) >= 11 is 0. The minimum Gasteiger partial charge on any atom is -0.455 e. The van der Waals surface area contributed by atoms with Crippen LogP contribution in [0.3, 0.4) is 0 Å². The summed E-state index contributed by atoms with van der Waals surface area (Å²) in [6, 6.07) is 14.0. The zero-order valence-electron chi connectivity index (χ0n) is 14.1. The zero-order chi connectivity index (χ0) is 18.4. The molecule has 7 heteroatoms. The van der Waals surface area contributed by atoms with Gasteiger partial charge in [0.1, 0.15) is 0 Å². The van der Waals surface area contributed by atoms with E-state index in [2.05, 4.69) is 5.16 Å². The highest BCUT2D eigenvalue weighted by Crippen LogP contribution is 2.32. The molecule has 0 amide bonds. The van der Waals surface area contributed by atoms with E-state index in [9.17, 15) is 9.59 Å². The van der Waals surface area contributed by atoms with E-state index in [1.54, 1.807) is 49.4 Å². The number of esters is 1. The van der Waals surface area contributed by atoms with Gasteiger partial charge in [-0.2, -0.15) is 0 Å². The predicted molar refractivity (Wildman–Crippen MR) is 92.5 cm³/mol. The number of benzene rings is 2. The first kappa shape index (κ1) is 17.5. The van der Waals surface area contributed by atoms with Crippen molar-refractivity contribution in [2.24, 2.45) is 5.16 Å². The second-order valence-electron chi connectivity index (χ2n) is 5.47. The fourth-order valence-corrected chi connectivity index (χ4v) is 2.25. The maximum absolute atomic E-state index is 11.8. The van der Waals surface area contributed by atoms with E-state index in [4.69, 9.17) is 19.0 Å². The molecule has 0 radical (unpaired) electrons. The lowest BCUT2D eigenvalue weighted by molar-refractivity contribution is -0.147. The van der Waals surface area contributed by atoms with Crippen LogP contribution in [0.5, 0.6) is 11.5 Å². The van der Waals surface area contributed by atoms with Crippen molar-refractivity contribution < 1.29 is 28.6 Å². The Morgan fingerprint density at radius 3 is 2.58 bits per heavy atom. The summed E-state index contributed by atoms with van der Waals surface area (Å²) in [6.07, 6.45) is 0. The second kappa shape index (κ2) is 8.15. The molecule has 0 saturated heterocycles. The molecule has 26 heavy (non-hydrogen) atoms. The highest BCUT2D eigenvalue weighted by Gasteiger charge is 2.14. The van der Waals surface area contributed by atoms with Crippen LogP contribution in [0.25, 0.3) is 0 Å². The number of hydrogen-bond acceptors (Lipinski definition) is 7. The number of Topliss-reactive ketones (excluding diaryl/α,β-unsaturated/α-hetero) is 1. The summed E-state index contributed by atoms with van der Waals surface area (Å²) in [6.45, 7) is 1.21. The number of carbonyl (C=O) groups excluding carboxylic acids is 2. The zero-order valence-corrected chi connectivity index (χ0v) is 14.1. The number of ketones is 1. The summed E-state index contributed by atoms with van der Waals surface area (Å²) < 4.78 is 15.4. The fourth-order valence-electron chi connectivity index (χ4n) is 2.25. The van der Waals surface area contributed by atoms with Gasteiger partial charge in [0.25, 0.3) is 0 Å². The number of nitrogens with zero attached hydrogens (tertiary/aromatic N) is 1. The van der Waals surface area contributed by atoms with Gasteiger partial charge >= 0.3 is 5.97 Å². The van der Waals surface area contributed by atoms with E-state index >= 15 is 0 Å². The monoisotopic (exact) mass is 355 g/mol. The molecule has 0 saturated carbocycles. The Morgan fingerprint density at radius 1 is 1.00 bits per heavy atom. The molecule has 134 valence electrons. The number of rotatable bonds is 7. The van der Waals surface area contributed by atoms with E-state index in [1.807, 2.05) is 6.07 Å². The molecule has 0 fully saturated rings. The molecule has 0 bridgehead atoms. The average Bonchev–Trinajstić information content (AvgIpc) is 3.14. The Morgan fingerprint density at radius 2 is 1.77 bits per heavy atom. The largest absolute Gasteiger partial charge is 0.455 e. The quantitative estimate of drug-likeness (QED) is 0.329. The van der Waals surface area contributed by atoms with Gasteiger partial charge < -0.3 is 19.0 Å². The Balaban J connectivity index is 1.45. The normalized spacial score (nSPS) is 12.6. The van der Waals surface area contributed by atoms with Gasteiger partial charge in [-0.05, 0) is 25.1 Å². The highest BCUT2D eigenvalue weighted by atomic mass is 16.7. The van der Waals surface area contributed by atoms with Crippen molar-refractivity contribution in [2.45, 2.75) is 6.92 Å². The first-order valence-corrected chi connectivity index (χ1v) is 7.94. The number of oxime groups is 1. The van der Waals surface area contributed by atoms with Crippen molar-refractivity contribution in [3.05, 3.63) is 59.7 Å². The van der Waals surface area contributed by atoms with Crippen molar-refractivity contribution in [2.75, 3.05) is 20.0 Å². The molecule has 3 rings (SSSR count). The Kier molecular flexibility index (Phi) is 5.48. The van der Waals surface area contributed by atoms with Gasteiger partial charge in [-0.1, -0.05) is 35.5 Å². The lowest BCUT2D eigenvalue weighted by Gasteiger charge is -2.05. The van der Waals surface area contributed by atoms with Crippen LogP contribution >= 0.6 is 0 Å². The van der Waals surface area contributed by atoms with Crippen molar-refractivity contribution in [1.82, 2.24) is 0 Å². The fraction of sp³-hybridized carbons (Fsp3) is 0.211. The maximum Gasteiger partial charge on any atom is 0.347 e. The molecule has 1 heterocycles. The van der Waals surface area contributed by atoms with E-state index in [-0.39, 0.29) is 25.8 Å². The van der Waals surface area contributed by atoms with Gasteiger partial charge in [0.2, 0.25) is 13.4 Å². The Bertz CT molecular complexity index is 831. The molecule has 2 aromatic carbocycles. The Labute approximate surface area is 150 Å². The minimum absolute atomic E-state index is 0.193. The van der Waals surface area contributed by atoms with Gasteiger partial charge in [-0.3, -0.25) is 4.79 Å². The topological polar surface area (TPSA) is 83.4 Å². The Hall–Kier alpha value is -3.35. The van der Waals surface area contributed by atoms with Gasteiger partial charge in [0.15, 0.2) is 23.9 Å². The maximum atomic E-state index is 11.8. The smallest absolute Gasteiger partial charge is 0.347 e. The molecule has 0 atom stereocenters. The molecule has 0 aromatic heterocycles. The molecule has 7 nitrogen and oxygen atoms in total. The van der Waals surface area contributed by atoms with Crippen LogP contribution in [-0.2, 0) is 14.4 Å². The van der Waals surface area contributed by atoms with Crippen LogP contribution in [0, 0.1) is 0 Å². The summed E-state index contributed by atoms with van der Waals surface area (Å²) in [4.78, 5) is 28.5. The van der Waals surface area contributed by atoms with Crippen molar-refractivity contribution in [3.63, 3.8) is 0 Å². The van der Waals surface area contributed by atoms with Gasteiger partial charge in [-0.15, -0.1) is 0 Å². The van der Waals surface area contributed by atoms with E-state index in [1.165, 1.54) is 0 Å². The van der Waals surface area contributed by atoms with Crippen LogP contribution in [-0.4, -0.2) is 37.5 Å². The lowest BCUT2D eigenvalue weighted by Crippen LogP contribution is -2.17. The number of carbonyl (C=O) groups is 2.